The number of rotatable bonds is 4. The Bertz CT molecular complexity index is 904. The zero-order valence-electron chi connectivity index (χ0n) is 15.1. The number of nitrogens with one attached hydrogen (secondary N) is 1. The summed E-state index contributed by atoms with van der Waals surface area (Å²) in [4.78, 5) is 27.2. The van der Waals surface area contributed by atoms with E-state index < -0.39 is 10.5 Å². The van der Waals surface area contributed by atoms with Gasteiger partial charge in [0.25, 0.3) is 0 Å². The van der Waals surface area contributed by atoms with Gasteiger partial charge in [0.1, 0.15) is 5.60 Å². The molecule has 0 unspecified atom stereocenters. The second-order valence-electron chi connectivity index (χ2n) is 7.34. The van der Waals surface area contributed by atoms with Gasteiger partial charge < -0.3 is 10.1 Å². The van der Waals surface area contributed by atoms with Crippen molar-refractivity contribution in [1.29, 1.82) is 0 Å². The molecular weight excluding hydrogens is 346 g/mol. The van der Waals surface area contributed by atoms with Gasteiger partial charge in [0.2, 0.25) is 5.82 Å². The van der Waals surface area contributed by atoms with E-state index in [0.717, 1.165) is 31.2 Å². The molecule has 1 aromatic heterocycles. The van der Waals surface area contributed by atoms with Crippen LogP contribution in [-0.2, 0) is 10.3 Å². The second kappa shape index (κ2) is 6.64. The molecule has 0 amide bonds. The zero-order valence-corrected chi connectivity index (χ0v) is 15.1. The number of benzene rings is 1. The Kier molecular flexibility index (Phi) is 4.30. The Morgan fingerprint density at radius 3 is 2.78 bits per heavy atom. The number of hydrogen-bond donors (Lipinski definition) is 1. The number of pyridine rings is 1. The molecule has 2 heterocycles. The molecule has 1 aliphatic carbocycles. The van der Waals surface area contributed by atoms with Gasteiger partial charge in [-0.05, 0) is 50.7 Å². The molecule has 4 rings (SSSR count). The first kappa shape index (κ1) is 17.5. The molecule has 1 spiro atoms. The summed E-state index contributed by atoms with van der Waals surface area (Å²) in [7, 11) is 0. The first-order valence-corrected chi connectivity index (χ1v) is 9.17. The van der Waals surface area contributed by atoms with Gasteiger partial charge in [-0.2, -0.15) is 0 Å². The van der Waals surface area contributed by atoms with Gasteiger partial charge in [-0.25, -0.2) is 9.78 Å². The topological polar surface area (TPSA) is 94.4 Å². The largest absolute Gasteiger partial charge is 0.451 e. The molecule has 0 bridgehead atoms. The van der Waals surface area contributed by atoms with Gasteiger partial charge in [0, 0.05) is 23.9 Å². The lowest BCUT2D eigenvalue weighted by Gasteiger charge is -2.36. The highest BCUT2D eigenvalue weighted by Gasteiger charge is 2.47. The third-order valence-corrected chi connectivity index (χ3v) is 5.71. The van der Waals surface area contributed by atoms with Crippen molar-refractivity contribution in [3.8, 4) is 0 Å². The smallest absolute Gasteiger partial charge is 0.339 e. The molecule has 0 radical (unpaired) electrons. The zero-order chi connectivity index (χ0) is 19.0. The van der Waals surface area contributed by atoms with Gasteiger partial charge in [-0.1, -0.05) is 18.2 Å². The first-order chi connectivity index (χ1) is 13.0. The molecule has 1 aliphatic heterocycles. The maximum Gasteiger partial charge on any atom is 0.339 e. The number of aromatic nitrogens is 1. The van der Waals surface area contributed by atoms with Crippen molar-refractivity contribution in [2.24, 2.45) is 5.92 Å². The van der Waals surface area contributed by atoms with Gasteiger partial charge in [0.15, 0.2) is 0 Å². The Morgan fingerprint density at radius 2 is 2.04 bits per heavy atom. The summed E-state index contributed by atoms with van der Waals surface area (Å²) in [5.74, 6) is 0.434. The quantitative estimate of drug-likeness (QED) is 0.499. The molecule has 140 valence electrons. The van der Waals surface area contributed by atoms with Crippen LogP contribution in [0.5, 0.6) is 0 Å². The summed E-state index contributed by atoms with van der Waals surface area (Å²) < 4.78 is 5.78. The summed E-state index contributed by atoms with van der Waals surface area (Å²) in [5.41, 5.74) is 1.79. The van der Waals surface area contributed by atoms with E-state index in [-0.39, 0.29) is 11.7 Å². The van der Waals surface area contributed by atoms with Crippen molar-refractivity contribution >= 4 is 17.5 Å². The summed E-state index contributed by atoms with van der Waals surface area (Å²) in [5, 5.41) is 14.4. The molecule has 27 heavy (non-hydrogen) atoms. The number of fused-ring (bicyclic) bond motifs is 2. The molecule has 2 aromatic rings. The van der Waals surface area contributed by atoms with Crippen LogP contribution >= 0.6 is 0 Å². The van der Waals surface area contributed by atoms with Crippen LogP contribution in [0.25, 0.3) is 0 Å². The maximum atomic E-state index is 12.2. The number of anilines is 1. The van der Waals surface area contributed by atoms with E-state index in [1.54, 1.807) is 19.2 Å². The van der Waals surface area contributed by atoms with Gasteiger partial charge in [0.05, 0.1) is 10.5 Å². The average molecular weight is 367 g/mol. The van der Waals surface area contributed by atoms with E-state index >= 15 is 0 Å². The highest BCUT2D eigenvalue weighted by molar-refractivity contribution is 5.94. The van der Waals surface area contributed by atoms with Crippen molar-refractivity contribution in [2.45, 2.75) is 38.2 Å². The van der Waals surface area contributed by atoms with Crippen LogP contribution in [0, 0.1) is 23.0 Å². The van der Waals surface area contributed by atoms with Crippen LogP contribution in [0.1, 0.15) is 47.2 Å². The van der Waals surface area contributed by atoms with Crippen molar-refractivity contribution in [3.05, 3.63) is 63.3 Å². The summed E-state index contributed by atoms with van der Waals surface area (Å²) in [6, 6.07) is 9.25. The predicted molar refractivity (Wildman–Crippen MR) is 99.6 cm³/mol. The van der Waals surface area contributed by atoms with Crippen LogP contribution in [0.15, 0.2) is 36.5 Å². The number of nitro groups is 1. The van der Waals surface area contributed by atoms with Crippen molar-refractivity contribution < 1.29 is 14.5 Å². The van der Waals surface area contributed by atoms with E-state index in [0.29, 0.717) is 29.4 Å². The average Bonchev–Trinajstić information content (AvgIpc) is 2.93. The molecule has 1 fully saturated rings. The molecule has 0 atom stereocenters. The van der Waals surface area contributed by atoms with E-state index in [1.807, 2.05) is 24.3 Å². The molecule has 0 saturated heterocycles. The Morgan fingerprint density at radius 1 is 1.30 bits per heavy atom. The normalized spacial score (nSPS) is 23.7. The standard InChI is InChI=1S/C20H21N3O4/c1-13-8-11-21-18(17(13)23(25)26)22-12-14-6-9-20(10-7-14)16-5-3-2-4-15(16)19(24)27-20/h2-5,8,11,14H,6-7,9-10,12H2,1H3,(H,21,22). The summed E-state index contributed by atoms with van der Waals surface area (Å²) >= 11 is 0. The lowest BCUT2D eigenvalue weighted by molar-refractivity contribution is -0.384. The molecular formula is C20H21N3O4. The number of ether oxygens (including phenoxy) is 1. The highest BCUT2D eigenvalue weighted by atomic mass is 16.6. The third kappa shape index (κ3) is 3.03. The van der Waals surface area contributed by atoms with Crippen LogP contribution < -0.4 is 5.32 Å². The minimum absolute atomic E-state index is 0.0310. The first-order valence-electron chi connectivity index (χ1n) is 9.17. The fraction of sp³-hybridized carbons (Fsp3) is 0.400. The molecule has 1 N–H and O–H groups in total. The number of hydrogen-bond acceptors (Lipinski definition) is 6. The Hall–Kier alpha value is -2.96. The van der Waals surface area contributed by atoms with E-state index in [4.69, 9.17) is 4.74 Å². The van der Waals surface area contributed by atoms with Gasteiger partial charge in [-0.15, -0.1) is 0 Å². The molecule has 7 nitrogen and oxygen atoms in total. The molecule has 2 aliphatic rings. The molecule has 7 heteroatoms. The Labute approximate surface area is 156 Å². The lowest BCUT2D eigenvalue weighted by atomic mass is 9.75. The minimum atomic E-state index is -0.502. The van der Waals surface area contributed by atoms with Gasteiger partial charge in [-0.3, -0.25) is 10.1 Å². The maximum absolute atomic E-state index is 12.2. The highest BCUT2D eigenvalue weighted by Crippen LogP contribution is 2.48. The SMILES string of the molecule is Cc1ccnc(NCC2CCC3(CC2)OC(=O)c2ccccc23)c1[N+](=O)[O-]. The number of nitrogens with zero attached hydrogens (tertiary/aromatic N) is 2. The third-order valence-electron chi connectivity index (χ3n) is 5.71. The molecule has 1 saturated carbocycles. The molecule has 1 aromatic carbocycles. The van der Waals surface area contributed by atoms with Crippen molar-refractivity contribution in [1.82, 2.24) is 4.98 Å². The van der Waals surface area contributed by atoms with Crippen molar-refractivity contribution in [2.75, 3.05) is 11.9 Å². The second-order valence-corrected chi connectivity index (χ2v) is 7.34. The van der Waals surface area contributed by atoms with E-state index in [9.17, 15) is 14.9 Å². The monoisotopic (exact) mass is 367 g/mol. The Balaban J connectivity index is 1.43. The summed E-state index contributed by atoms with van der Waals surface area (Å²) in [6.45, 7) is 2.32. The number of carbonyl (C=O) groups is 1. The number of carbonyl (C=O) groups excluding carboxylic acids is 1. The number of esters is 1. The summed E-state index contributed by atoms with van der Waals surface area (Å²) in [6.07, 6.45) is 4.88. The van der Waals surface area contributed by atoms with Crippen LogP contribution in [0.2, 0.25) is 0 Å². The minimum Gasteiger partial charge on any atom is -0.451 e. The van der Waals surface area contributed by atoms with Gasteiger partial charge >= 0.3 is 11.7 Å². The van der Waals surface area contributed by atoms with E-state index in [2.05, 4.69) is 10.3 Å². The lowest BCUT2D eigenvalue weighted by Crippen LogP contribution is -2.34. The van der Waals surface area contributed by atoms with Crippen LogP contribution in [0.3, 0.4) is 0 Å². The fourth-order valence-electron chi connectivity index (χ4n) is 4.22. The van der Waals surface area contributed by atoms with Crippen LogP contribution in [-0.4, -0.2) is 22.4 Å². The predicted octanol–water partition coefficient (Wildman–Crippen LogP) is 3.97. The number of aryl methyl sites for hydroxylation is 1. The van der Waals surface area contributed by atoms with Crippen LogP contribution in [0.4, 0.5) is 11.5 Å². The fourth-order valence-corrected chi connectivity index (χ4v) is 4.22. The van der Waals surface area contributed by atoms with E-state index in [1.165, 1.54) is 0 Å². The van der Waals surface area contributed by atoms with Crippen molar-refractivity contribution in [3.63, 3.8) is 0 Å².